The Hall–Kier alpha value is -2.74. The van der Waals surface area contributed by atoms with Gasteiger partial charge in [-0.2, -0.15) is 0 Å². The second kappa shape index (κ2) is 9.18. The number of nitrogens with one attached hydrogen (secondary N) is 1. The Morgan fingerprint density at radius 3 is 2.55 bits per heavy atom. The van der Waals surface area contributed by atoms with Gasteiger partial charge in [-0.25, -0.2) is 4.79 Å². The fraction of sp³-hybridized carbons (Fsp3) is 0.182. The van der Waals surface area contributed by atoms with Crippen LogP contribution >= 0.6 is 35.4 Å². The van der Waals surface area contributed by atoms with Crippen LogP contribution in [0.4, 0.5) is 11.4 Å². The summed E-state index contributed by atoms with van der Waals surface area (Å²) in [6.45, 7) is 1.24. The summed E-state index contributed by atoms with van der Waals surface area (Å²) in [4.78, 5) is 14.4. The molecule has 4 rings (SSSR count). The summed E-state index contributed by atoms with van der Waals surface area (Å²) in [6.07, 6.45) is 3.70. The Kier molecular flexibility index (Phi) is 6.36. The summed E-state index contributed by atoms with van der Waals surface area (Å²) in [5.41, 5.74) is 2.81. The molecule has 0 atom stereocenters. The number of thiocarbonyl (C=S) groups is 1. The highest BCUT2D eigenvalue weighted by Gasteiger charge is 2.32. The van der Waals surface area contributed by atoms with Crippen LogP contribution in [0.15, 0.2) is 60.9 Å². The number of carbonyl (C=O) groups excluding carboxylic acids is 1. The van der Waals surface area contributed by atoms with Crippen molar-refractivity contribution in [2.75, 3.05) is 30.4 Å². The molecule has 0 amide bonds. The van der Waals surface area contributed by atoms with Crippen molar-refractivity contribution in [2.24, 2.45) is 0 Å². The zero-order valence-corrected chi connectivity index (χ0v) is 18.9. The Bertz CT molecular complexity index is 1120. The molecule has 1 aliphatic heterocycles. The van der Waals surface area contributed by atoms with E-state index < -0.39 is 0 Å². The van der Waals surface area contributed by atoms with Crippen LogP contribution in [0.1, 0.15) is 10.4 Å². The van der Waals surface area contributed by atoms with Crippen molar-refractivity contribution in [1.82, 2.24) is 4.57 Å². The average Bonchev–Trinajstić information content (AvgIpc) is 3.26. The van der Waals surface area contributed by atoms with Gasteiger partial charge in [0.25, 0.3) is 5.17 Å². The summed E-state index contributed by atoms with van der Waals surface area (Å²) >= 11 is 17.4. The van der Waals surface area contributed by atoms with Gasteiger partial charge in [0.1, 0.15) is 6.10 Å². The van der Waals surface area contributed by atoms with Crippen molar-refractivity contribution in [3.05, 3.63) is 76.5 Å². The predicted molar refractivity (Wildman–Crippen MR) is 127 cm³/mol. The number of halogens is 2. The highest BCUT2D eigenvalue weighted by molar-refractivity contribution is 7.80. The van der Waals surface area contributed by atoms with Gasteiger partial charge in [0, 0.05) is 17.4 Å². The highest BCUT2D eigenvalue weighted by Crippen LogP contribution is 2.33. The van der Waals surface area contributed by atoms with Gasteiger partial charge in [0.15, 0.2) is 0 Å². The van der Waals surface area contributed by atoms with Gasteiger partial charge in [-0.3, -0.25) is 0 Å². The molecule has 1 fully saturated rings. The van der Waals surface area contributed by atoms with Crippen LogP contribution in [0.3, 0.4) is 0 Å². The largest absolute Gasteiger partial charge is 0.465 e. The summed E-state index contributed by atoms with van der Waals surface area (Å²) in [7, 11) is 1.38. The van der Waals surface area contributed by atoms with Gasteiger partial charge in [0.2, 0.25) is 0 Å². The third-order valence-corrected chi connectivity index (χ3v) is 5.66. The van der Waals surface area contributed by atoms with E-state index in [1.54, 1.807) is 24.3 Å². The maximum atomic E-state index is 12.3. The molecule has 0 radical (unpaired) electrons. The molecule has 1 N–H and O–H groups in total. The number of carbonyl (C=O) groups is 1. The molecule has 31 heavy (non-hydrogen) atoms. The monoisotopic (exact) mass is 475 g/mol. The van der Waals surface area contributed by atoms with Crippen LogP contribution in [0, 0.1) is 0 Å². The number of methoxy groups -OCH3 is 1. The fourth-order valence-corrected chi connectivity index (χ4v) is 4.11. The van der Waals surface area contributed by atoms with Gasteiger partial charge in [-0.15, -0.1) is 0 Å². The molecule has 160 valence electrons. The number of anilines is 2. The van der Waals surface area contributed by atoms with Crippen molar-refractivity contribution >= 4 is 57.9 Å². The van der Waals surface area contributed by atoms with Gasteiger partial charge < -0.3 is 24.3 Å². The molecule has 2 heterocycles. The summed E-state index contributed by atoms with van der Waals surface area (Å²) in [5, 5.41) is 4.24. The number of esters is 1. The highest BCUT2D eigenvalue weighted by atomic mass is 35.5. The van der Waals surface area contributed by atoms with Crippen LogP contribution in [-0.2, 0) is 9.47 Å². The van der Waals surface area contributed by atoms with E-state index in [1.165, 1.54) is 7.11 Å². The molecule has 9 heteroatoms. The molecule has 1 aliphatic rings. The smallest absolute Gasteiger partial charge is 0.340 e. The number of rotatable bonds is 5. The molecule has 0 spiro atoms. The van der Waals surface area contributed by atoms with E-state index in [4.69, 9.17) is 44.9 Å². The molecule has 0 aliphatic carbocycles. The predicted octanol–water partition coefficient (Wildman–Crippen LogP) is 5.17. The summed E-state index contributed by atoms with van der Waals surface area (Å²) in [6, 6.07) is 14.5. The van der Waals surface area contributed by atoms with E-state index in [0.717, 1.165) is 11.4 Å². The molecule has 2 aromatic carbocycles. The fourth-order valence-electron chi connectivity index (χ4n) is 3.41. The van der Waals surface area contributed by atoms with E-state index >= 15 is 0 Å². The SMILES string of the molecule is COC(=O)c1cccc(N2CC(OC(=S)Nc3ccc(Cl)cc3Cl)C2)c1-n1cccc1. The molecule has 0 bridgehead atoms. The third kappa shape index (κ3) is 4.63. The second-order valence-corrected chi connectivity index (χ2v) is 8.15. The molecule has 0 saturated carbocycles. The number of hydrogen-bond acceptors (Lipinski definition) is 5. The van der Waals surface area contributed by atoms with Crippen molar-refractivity contribution in [3.8, 4) is 5.69 Å². The third-order valence-electron chi connectivity index (χ3n) is 4.91. The van der Waals surface area contributed by atoms with E-state index in [-0.39, 0.29) is 17.2 Å². The first-order valence-electron chi connectivity index (χ1n) is 9.48. The second-order valence-electron chi connectivity index (χ2n) is 6.94. The van der Waals surface area contributed by atoms with Crippen LogP contribution in [-0.4, -0.2) is 42.0 Å². The van der Waals surface area contributed by atoms with Gasteiger partial charge >= 0.3 is 5.97 Å². The molecule has 0 unspecified atom stereocenters. The molecular weight excluding hydrogens is 457 g/mol. The lowest BCUT2D eigenvalue weighted by molar-refractivity contribution is 0.0601. The number of aromatic nitrogens is 1. The molecule has 6 nitrogen and oxygen atoms in total. The zero-order chi connectivity index (χ0) is 22.0. The van der Waals surface area contributed by atoms with Crippen molar-refractivity contribution in [2.45, 2.75) is 6.10 Å². The lowest BCUT2D eigenvalue weighted by Gasteiger charge is -2.41. The van der Waals surface area contributed by atoms with E-state index in [2.05, 4.69) is 10.2 Å². The summed E-state index contributed by atoms with van der Waals surface area (Å²) < 4.78 is 12.7. The van der Waals surface area contributed by atoms with E-state index in [0.29, 0.717) is 34.4 Å². The van der Waals surface area contributed by atoms with E-state index in [1.807, 2.05) is 41.2 Å². The molecule has 1 aromatic heterocycles. The maximum absolute atomic E-state index is 12.3. The average molecular weight is 476 g/mol. The quantitative estimate of drug-likeness (QED) is 0.405. The number of ether oxygens (including phenoxy) is 2. The Morgan fingerprint density at radius 1 is 1.13 bits per heavy atom. The lowest BCUT2D eigenvalue weighted by atomic mass is 10.1. The minimum Gasteiger partial charge on any atom is -0.465 e. The van der Waals surface area contributed by atoms with Crippen LogP contribution in [0.5, 0.6) is 0 Å². The van der Waals surface area contributed by atoms with Gasteiger partial charge in [0.05, 0.1) is 47.8 Å². The minimum absolute atomic E-state index is 0.0922. The minimum atomic E-state index is -0.385. The van der Waals surface area contributed by atoms with Crippen LogP contribution in [0.25, 0.3) is 5.69 Å². The lowest BCUT2D eigenvalue weighted by Crippen LogP contribution is -2.53. The summed E-state index contributed by atoms with van der Waals surface area (Å²) in [5.74, 6) is -0.385. The maximum Gasteiger partial charge on any atom is 0.340 e. The Labute approximate surface area is 195 Å². The number of para-hydroxylation sites is 1. The van der Waals surface area contributed by atoms with E-state index in [9.17, 15) is 4.79 Å². The standard InChI is InChI=1S/C22H19Cl2N3O3S/c1-29-21(28)16-5-4-6-19(20(16)26-9-2-3-10-26)27-12-15(13-27)30-22(31)25-18-8-7-14(23)11-17(18)24/h2-11,15H,12-13H2,1H3,(H,25,31). The first-order chi connectivity index (χ1) is 15.0. The van der Waals surface area contributed by atoms with Gasteiger partial charge in [-0.05, 0) is 54.7 Å². The number of benzene rings is 2. The Balaban J connectivity index is 1.45. The van der Waals surface area contributed by atoms with Crippen molar-refractivity contribution < 1.29 is 14.3 Å². The topological polar surface area (TPSA) is 55.7 Å². The first kappa shape index (κ1) is 21.5. The number of nitrogens with zero attached hydrogens (tertiary/aromatic N) is 2. The van der Waals surface area contributed by atoms with Crippen LogP contribution < -0.4 is 10.2 Å². The van der Waals surface area contributed by atoms with Gasteiger partial charge in [-0.1, -0.05) is 29.3 Å². The Morgan fingerprint density at radius 2 is 1.87 bits per heavy atom. The zero-order valence-electron chi connectivity index (χ0n) is 16.5. The van der Waals surface area contributed by atoms with Crippen molar-refractivity contribution in [3.63, 3.8) is 0 Å². The van der Waals surface area contributed by atoms with Crippen LogP contribution in [0.2, 0.25) is 10.0 Å². The number of hydrogen-bond donors (Lipinski definition) is 1. The normalized spacial score (nSPS) is 13.5. The first-order valence-corrected chi connectivity index (χ1v) is 10.6. The van der Waals surface area contributed by atoms with Crippen molar-refractivity contribution in [1.29, 1.82) is 0 Å². The molecular formula is C22H19Cl2N3O3S. The molecule has 1 saturated heterocycles. The molecule has 3 aromatic rings.